The molecule has 0 aromatic carbocycles. The van der Waals surface area contributed by atoms with Gasteiger partial charge in [-0.1, -0.05) is 6.92 Å². The van der Waals surface area contributed by atoms with Gasteiger partial charge in [0.1, 0.15) is 4.88 Å². The normalized spacial score (nSPS) is 10.4. The Bertz CT molecular complexity index is 376. The molecule has 0 aliphatic carbocycles. The van der Waals surface area contributed by atoms with E-state index >= 15 is 0 Å². The molecule has 1 aromatic heterocycles. The fourth-order valence-corrected chi connectivity index (χ4v) is 4.70. The highest BCUT2D eigenvalue weighted by molar-refractivity contribution is 8.03. The van der Waals surface area contributed by atoms with E-state index in [4.69, 9.17) is 5.73 Å². The summed E-state index contributed by atoms with van der Waals surface area (Å²) < 4.78 is 1.15. The summed E-state index contributed by atoms with van der Waals surface area (Å²) >= 11 is 4.83. The molecule has 1 rings (SSSR count). The van der Waals surface area contributed by atoms with Crippen molar-refractivity contribution in [3.63, 3.8) is 0 Å². The smallest absolute Gasteiger partial charge is 0.263 e. The van der Waals surface area contributed by atoms with E-state index in [1.807, 2.05) is 13.2 Å². The van der Waals surface area contributed by atoms with Crippen molar-refractivity contribution in [2.45, 2.75) is 23.0 Å². The van der Waals surface area contributed by atoms with E-state index in [-0.39, 0.29) is 5.91 Å². The number of hydrogen-bond donors (Lipinski definition) is 2. The van der Waals surface area contributed by atoms with E-state index < -0.39 is 0 Å². The Labute approximate surface area is 109 Å². The number of thiophene rings is 1. The largest absolute Gasteiger partial charge is 0.396 e. The van der Waals surface area contributed by atoms with Gasteiger partial charge in [0.15, 0.2) is 0 Å². The van der Waals surface area contributed by atoms with E-state index in [2.05, 4.69) is 12.2 Å². The first-order chi connectivity index (χ1) is 7.65. The van der Waals surface area contributed by atoms with Crippen molar-refractivity contribution >= 4 is 46.5 Å². The van der Waals surface area contributed by atoms with Crippen LogP contribution in [0.4, 0.5) is 5.69 Å². The minimum absolute atomic E-state index is 0.0664. The molecule has 0 fully saturated rings. The molecule has 90 valence electrons. The van der Waals surface area contributed by atoms with Crippen molar-refractivity contribution in [2.75, 3.05) is 24.3 Å². The molecule has 3 N–H and O–H groups in total. The zero-order valence-electron chi connectivity index (χ0n) is 9.62. The summed E-state index contributed by atoms with van der Waals surface area (Å²) in [5.41, 5.74) is 6.62. The third-order valence-electron chi connectivity index (χ3n) is 1.89. The lowest BCUT2D eigenvalue weighted by atomic mass is 10.4. The summed E-state index contributed by atoms with van der Waals surface area (Å²) in [4.78, 5) is 13.4. The van der Waals surface area contributed by atoms with Gasteiger partial charge in [-0.3, -0.25) is 4.79 Å². The minimum atomic E-state index is -0.0664. The molecule has 1 amide bonds. The van der Waals surface area contributed by atoms with Gasteiger partial charge in [0, 0.05) is 6.54 Å². The first-order valence-corrected chi connectivity index (χ1v) is 8.05. The second-order valence-electron chi connectivity index (χ2n) is 2.96. The number of amides is 1. The summed E-state index contributed by atoms with van der Waals surface area (Å²) in [5.74, 6) is 0.922. The summed E-state index contributed by atoms with van der Waals surface area (Å²) in [7, 11) is 0. The lowest BCUT2D eigenvalue weighted by Gasteiger charge is -2.00. The lowest BCUT2D eigenvalue weighted by molar-refractivity contribution is 0.0960. The molecule has 0 aliphatic rings. The van der Waals surface area contributed by atoms with Gasteiger partial charge in [0.25, 0.3) is 5.91 Å². The molecule has 16 heavy (non-hydrogen) atoms. The van der Waals surface area contributed by atoms with Gasteiger partial charge in [-0.25, -0.2) is 0 Å². The number of nitrogens with two attached hydrogens (primary N) is 1. The third-order valence-corrected chi connectivity index (χ3v) is 5.34. The molecule has 0 radical (unpaired) electrons. The monoisotopic (exact) mass is 276 g/mol. The highest BCUT2D eigenvalue weighted by atomic mass is 32.2. The SMILES string of the molecule is CCNC(=O)c1sc(SCC)c(SC)c1N. The molecule has 0 atom stereocenters. The van der Waals surface area contributed by atoms with Crippen molar-refractivity contribution in [1.82, 2.24) is 5.32 Å². The Morgan fingerprint density at radius 3 is 2.69 bits per heavy atom. The maximum atomic E-state index is 11.8. The van der Waals surface area contributed by atoms with Gasteiger partial charge in [-0.2, -0.15) is 0 Å². The number of hydrogen-bond acceptors (Lipinski definition) is 5. The molecule has 1 heterocycles. The van der Waals surface area contributed by atoms with E-state index in [1.165, 1.54) is 11.3 Å². The molecule has 0 unspecified atom stereocenters. The number of carbonyl (C=O) groups excluding carboxylic acids is 1. The molecule has 3 nitrogen and oxygen atoms in total. The van der Waals surface area contributed by atoms with E-state index in [0.717, 1.165) is 14.9 Å². The Balaban J connectivity index is 3.06. The van der Waals surface area contributed by atoms with Crippen LogP contribution in [0.25, 0.3) is 0 Å². The van der Waals surface area contributed by atoms with Gasteiger partial charge < -0.3 is 11.1 Å². The van der Waals surface area contributed by atoms with Gasteiger partial charge >= 0.3 is 0 Å². The van der Waals surface area contributed by atoms with Crippen LogP contribution in [0.3, 0.4) is 0 Å². The zero-order chi connectivity index (χ0) is 12.1. The van der Waals surface area contributed by atoms with Crippen LogP contribution in [-0.4, -0.2) is 24.5 Å². The fraction of sp³-hybridized carbons (Fsp3) is 0.500. The maximum Gasteiger partial charge on any atom is 0.263 e. The quantitative estimate of drug-likeness (QED) is 0.812. The number of nitrogens with one attached hydrogen (secondary N) is 1. The molecule has 1 aromatic rings. The predicted octanol–water partition coefficient (Wildman–Crippen LogP) is 2.91. The van der Waals surface area contributed by atoms with Crippen molar-refractivity contribution in [3.05, 3.63) is 4.88 Å². The summed E-state index contributed by atoms with van der Waals surface area (Å²) in [6.07, 6.45) is 1.99. The Morgan fingerprint density at radius 2 is 2.19 bits per heavy atom. The van der Waals surface area contributed by atoms with Gasteiger partial charge in [0.05, 0.1) is 14.8 Å². The second kappa shape index (κ2) is 6.42. The lowest BCUT2D eigenvalue weighted by Crippen LogP contribution is -2.22. The molecular weight excluding hydrogens is 260 g/mol. The molecule has 0 saturated carbocycles. The average molecular weight is 276 g/mol. The Morgan fingerprint density at radius 1 is 1.50 bits per heavy atom. The second-order valence-corrected chi connectivity index (χ2v) is 6.33. The first-order valence-electron chi connectivity index (χ1n) is 5.02. The van der Waals surface area contributed by atoms with Crippen LogP contribution < -0.4 is 11.1 Å². The molecule has 0 bridgehead atoms. The number of thioether (sulfide) groups is 2. The molecule has 0 aliphatic heterocycles. The Hall–Kier alpha value is -0.330. The number of nitrogen functional groups attached to an aromatic ring is 1. The molecule has 0 spiro atoms. The number of anilines is 1. The molecular formula is C10H16N2OS3. The van der Waals surface area contributed by atoms with Gasteiger partial charge in [-0.15, -0.1) is 34.9 Å². The van der Waals surface area contributed by atoms with Gasteiger partial charge in [0.2, 0.25) is 0 Å². The van der Waals surface area contributed by atoms with Crippen LogP contribution in [0.15, 0.2) is 9.10 Å². The summed E-state index contributed by atoms with van der Waals surface area (Å²) in [5, 5.41) is 2.78. The topological polar surface area (TPSA) is 55.1 Å². The van der Waals surface area contributed by atoms with Crippen LogP contribution in [0.1, 0.15) is 23.5 Å². The highest BCUT2D eigenvalue weighted by Crippen LogP contribution is 2.43. The first kappa shape index (κ1) is 13.7. The maximum absolute atomic E-state index is 11.8. The average Bonchev–Trinajstić information content (AvgIpc) is 2.56. The van der Waals surface area contributed by atoms with Crippen LogP contribution in [0.5, 0.6) is 0 Å². The van der Waals surface area contributed by atoms with Gasteiger partial charge in [-0.05, 0) is 18.9 Å². The fourth-order valence-electron chi connectivity index (χ4n) is 1.24. The van der Waals surface area contributed by atoms with Crippen molar-refractivity contribution in [3.8, 4) is 0 Å². The molecule has 6 heteroatoms. The minimum Gasteiger partial charge on any atom is -0.396 e. The zero-order valence-corrected chi connectivity index (χ0v) is 12.1. The van der Waals surface area contributed by atoms with Crippen LogP contribution >= 0.6 is 34.9 Å². The summed E-state index contributed by atoms with van der Waals surface area (Å²) in [6, 6.07) is 0. The number of rotatable bonds is 5. The number of carbonyl (C=O) groups is 1. The van der Waals surface area contributed by atoms with E-state index in [9.17, 15) is 4.79 Å². The van der Waals surface area contributed by atoms with Crippen molar-refractivity contribution in [2.24, 2.45) is 0 Å². The van der Waals surface area contributed by atoms with E-state index in [0.29, 0.717) is 17.1 Å². The highest BCUT2D eigenvalue weighted by Gasteiger charge is 2.19. The standard InChI is InChI=1S/C10H16N2OS3/c1-4-12-9(13)7-6(11)8(14-3)10(16-7)15-5-2/h4-5,11H2,1-3H3,(H,12,13). The van der Waals surface area contributed by atoms with Crippen LogP contribution in [0.2, 0.25) is 0 Å². The summed E-state index contributed by atoms with van der Waals surface area (Å²) in [6.45, 7) is 4.62. The molecule has 0 saturated heterocycles. The van der Waals surface area contributed by atoms with Crippen molar-refractivity contribution in [1.29, 1.82) is 0 Å². The third kappa shape index (κ3) is 2.87. The van der Waals surface area contributed by atoms with Crippen LogP contribution in [-0.2, 0) is 0 Å². The van der Waals surface area contributed by atoms with Crippen LogP contribution in [0, 0.1) is 0 Å². The van der Waals surface area contributed by atoms with E-state index in [1.54, 1.807) is 23.5 Å². The van der Waals surface area contributed by atoms with Crippen molar-refractivity contribution < 1.29 is 4.79 Å². The predicted molar refractivity (Wildman–Crippen MR) is 74.9 cm³/mol. The Kier molecular flexibility index (Phi) is 5.51.